The molecule has 0 aliphatic carbocycles. The molecule has 0 unspecified atom stereocenters. The Labute approximate surface area is 169 Å². The van der Waals surface area contributed by atoms with E-state index in [0.717, 1.165) is 41.9 Å². The second-order valence-electron chi connectivity index (χ2n) is 7.45. The number of fused-ring (bicyclic) bond motifs is 1. The van der Waals surface area contributed by atoms with Crippen LogP contribution < -0.4 is 4.90 Å². The molecule has 1 aliphatic heterocycles. The average molecular weight is 398 g/mol. The van der Waals surface area contributed by atoms with E-state index in [1.54, 1.807) is 13.2 Å². The number of likely N-dealkylation sites (tertiary alicyclic amines) is 1. The van der Waals surface area contributed by atoms with Crippen LogP contribution in [-0.4, -0.2) is 70.9 Å². The minimum absolute atomic E-state index is 0.101. The molecule has 154 valence electrons. The molecule has 0 atom stereocenters. The summed E-state index contributed by atoms with van der Waals surface area (Å²) in [6, 6.07) is 3.74. The predicted octanol–water partition coefficient (Wildman–Crippen LogP) is 2.06. The second-order valence-corrected chi connectivity index (χ2v) is 7.45. The van der Waals surface area contributed by atoms with Gasteiger partial charge in [-0.15, -0.1) is 0 Å². The van der Waals surface area contributed by atoms with Crippen molar-refractivity contribution in [2.45, 2.75) is 18.8 Å². The largest absolute Gasteiger partial charge is 0.383 e. The lowest BCUT2D eigenvalue weighted by Gasteiger charge is -2.31. The van der Waals surface area contributed by atoms with E-state index in [-0.39, 0.29) is 5.91 Å². The third-order valence-electron chi connectivity index (χ3n) is 5.56. The molecule has 1 saturated heterocycles. The molecular weight excluding hydrogens is 372 g/mol. The molecule has 1 amide bonds. The first-order valence-electron chi connectivity index (χ1n) is 9.80. The summed E-state index contributed by atoms with van der Waals surface area (Å²) in [7, 11) is 5.70. The first-order chi connectivity index (χ1) is 14.1. The lowest BCUT2D eigenvalue weighted by atomic mass is 9.92. The van der Waals surface area contributed by atoms with Gasteiger partial charge in [0.05, 0.1) is 24.6 Å². The molecule has 0 spiro atoms. The molecule has 1 fully saturated rings. The van der Waals surface area contributed by atoms with Crippen LogP contribution in [-0.2, 0) is 11.8 Å². The van der Waals surface area contributed by atoms with E-state index in [4.69, 9.17) is 14.2 Å². The summed E-state index contributed by atoms with van der Waals surface area (Å²) < 4.78 is 12.3. The fraction of sp³-hybridized carbons (Fsp3) is 0.500. The Morgan fingerprint density at radius 2 is 2.17 bits per heavy atom. The number of anilines is 1. The fourth-order valence-electron chi connectivity index (χ4n) is 3.80. The van der Waals surface area contributed by atoms with Crippen molar-refractivity contribution in [3.63, 3.8) is 0 Å². The van der Waals surface area contributed by atoms with Gasteiger partial charge in [0.25, 0.3) is 5.91 Å². The standard InChI is InChI=1S/C20H26N6O3/c1-24(10-11-28-3)19-18-16(25(2)13-21-18)12-15(23-19)14-5-8-26(9-6-14)20(27)17-4-7-22-29-17/h4,7,12-14H,5-6,8-11H2,1-3H3. The van der Waals surface area contributed by atoms with Crippen molar-refractivity contribution in [1.82, 2.24) is 24.6 Å². The van der Waals surface area contributed by atoms with Gasteiger partial charge in [0.15, 0.2) is 5.82 Å². The number of nitrogens with zero attached hydrogens (tertiary/aromatic N) is 6. The number of hydrogen-bond donors (Lipinski definition) is 0. The molecule has 9 nitrogen and oxygen atoms in total. The van der Waals surface area contributed by atoms with E-state index in [1.165, 1.54) is 6.20 Å². The number of imidazole rings is 1. The minimum Gasteiger partial charge on any atom is -0.383 e. The SMILES string of the molecule is COCCN(C)c1nc(C2CCN(C(=O)c3ccno3)CC2)cc2c1ncn2C. The predicted molar refractivity (Wildman–Crippen MR) is 108 cm³/mol. The Morgan fingerprint density at radius 3 is 2.86 bits per heavy atom. The quantitative estimate of drug-likeness (QED) is 0.628. The van der Waals surface area contributed by atoms with Crippen molar-refractivity contribution in [2.24, 2.45) is 7.05 Å². The summed E-state index contributed by atoms with van der Waals surface area (Å²) >= 11 is 0. The number of piperidine rings is 1. The number of amides is 1. The van der Waals surface area contributed by atoms with Gasteiger partial charge in [0.1, 0.15) is 5.52 Å². The maximum absolute atomic E-state index is 12.5. The zero-order valence-electron chi connectivity index (χ0n) is 17.0. The normalized spacial score (nSPS) is 15.2. The molecule has 9 heteroatoms. The van der Waals surface area contributed by atoms with Crippen molar-refractivity contribution in [2.75, 3.05) is 45.3 Å². The Morgan fingerprint density at radius 1 is 1.38 bits per heavy atom. The van der Waals surface area contributed by atoms with Gasteiger partial charge in [0, 0.05) is 58.5 Å². The molecule has 0 N–H and O–H groups in total. The van der Waals surface area contributed by atoms with Crippen molar-refractivity contribution < 1.29 is 14.1 Å². The van der Waals surface area contributed by atoms with Crippen LogP contribution in [0.4, 0.5) is 5.82 Å². The first-order valence-corrected chi connectivity index (χ1v) is 9.80. The maximum Gasteiger partial charge on any atom is 0.292 e. The van der Waals surface area contributed by atoms with Gasteiger partial charge in [-0.3, -0.25) is 4.79 Å². The van der Waals surface area contributed by atoms with E-state index in [2.05, 4.69) is 21.1 Å². The lowest BCUT2D eigenvalue weighted by Crippen LogP contribution is -2.38. The highest BCUT2D eigenvalue weighted by atomic mass is 16.5. The monoisotopic (exact) mass is 398 g/mol. The van der Waals surface area contributed by atoms with Gasteiger partial charge in [-0.2, -0.15) is 0 Å². The van der Waals surface area contributed by atoms with Crippen molar-refractivity contribution in [3.8, 4) is 0 Å². The fourth-order valence-corrected chi connectivity index (χ4v) is 3.80. The molecule has 4 heterocycles. The topological polar surface area (TPSA) is 89.5 Å². The number of carbonyl (C=O) groups is 1. The van der Waals surface area contributed by atoms with E-state index in [1.807, 2.05) is 29.9 Å². The summed E-state index contributed by atoms with van der Waals surface area (Å²) in [5, 5.41) is 3.63. The first kappa shape index (κ1) is 19.4. The number of likely N-dealkylation sites (N-methyl/N-ethyl adjacent to an activating group) is 1. The van der Waals surface area contributed by atoms with E-state index < -0.39 is 0 Å². The van der Waals surface area contributed by atoms with Crippen LogP contribution in [0.3, 0.4) is 0 Å². The van der Waals surface area contributed by atoms with Crippen LogP contribution in [0.1, 0.15) is 35.0 Å². The summed E-state index contributed by atoms with van der Waals surface area (Å²) in [6.45, 7) is 2.70. The molecule has 0 saturated carbocycles. The molecule has 29 heavy (non-hydrogen) atoms. The molecular formula is C20H26N6O3. The van der Waals surface area contributed by atoms with Crippen LogP contribution in [0.5, 0.6) is 0 Å². The number of methoxy groups -OCH3 is 1. The number of aromatic nitrogens is 4. The van der Waals surface area contributed by atoms with Gasteiger partial charge < -0.3 is 23.6 Å². The van der Waals surface area contributed by atoms with E-state index >= 15 is 0 Å². The molecule has 0 radical (unpaired) electrons. The van der Waals surface area contributed by atoms with Gasteiger partial charge in [-0.25, -0.2) is 9.97 Å². The summed E-state index contributed by atoms with van der Waals surface area (Å²) in [5.41, 5.74) is 3.01. The third-order valence-corrected chi connectivity index (χ3v) is 5.56. The highest BCUT2D eigenvalue weighted by molar-refractivity contribution is 5.91. The zero-order chi connectivity index (χ0) is 20.4. The van der Waals surface area contributed by atoms with Gasteiger partial charge in [0.2, 0.25) is 5.76 Å². The van der Waals surface area contributed by atoms with Gasteiger partial charge in [-0.1, -0.05) is 5.16 Å². The molecule has 3 aromatic rings. The van der Waals surface area contributed by atoms with Crippen molar-refractivity contribution in [3.05, 3.63) is 36.1 Å². The number of rotatable bonds is 6. The van der Waals surface area contributed by atoms with Crippen LogP contribution in [0.2, 0.25) is 0 Å². The Bertz CT molecular complexity index is 976. The summed E-state index contributed by atoms with van der Waals surface area (Å²) in [6.07, 6.45) is 5.03. The molecule has 0 bridgehead atoms. The summed E-state index contributed by atoms with van der Waals surface area (Å²) in [5.74, 6) is 1.36. The van der Waals surface area contributed by atoms with Crippen molar-refractivity contribution in [1.29, 1.82) is 0 Å². The van der Waals surface area contributed by atoms with Gasteiger partial charge >= 0.3 is 0 Å². The maximum atomic E-state index is 12.5. The number of carbonyl (C=O) groups excluding carboxylic acids is 1. The van der Waals surface area contributed by atoms with Gasteiger partial charge in [-0.05, 0) is 18.9 Å². The molecule has 4 rings (SSSR count). The Hall–Kier alpha value is -2.94. The highest BCUT2D eigenvalue weighted by Crippen LogP contribution is 2.32. The zero-order valence-corrected chi connectivity index (χ0v) is 17.0. The average Bonchev–Trinajstić information content (AvgIpc) is 3.41. The number of aryl methyl sites for hydroxylation is 1. The number of pyridine rings is 1. The van der Waals surface area contributed by atoms with Crippen LogP contribution >= 0.6 is 0 Å². The third kappa shape index (κ3) is 3.82. The van der Waals surface area contributed by atoms with E-state index in [0.29, 0.717) is 31.4 Å². The van der Waals surface area contributed by atoms with Crippen LogP contribution in [0.25, 0.3) is 11.0 Å². The second kappa shape index (κ2) is 8.20. The van der Waals surface area contributed by atoms with Crippen LogP contribution in [0.15, 0.2) is 29.2 Å². The van der Waals surface area contributed by atoms with Crippen LogP contribution in [0, 0.1) is 0 Å². The highest BCUT2D eigenvalue weighted by Gasteiger charge is 2.28. The molecule has 0 aromatic carbocycles. The number of hydrogen-bond acceptors (Lipinski definition) is 7. The van der Waals surface area contributed by atoms with E-state index in [9.17, 15) is 4.79 Å². The van der Waals surface area contributed by atoms with Crippen molar-refractivity contribution >= 4 is 22.8 Å². The Balaban J connectivity index is 1.55. The number of ether oxygens (including phenoxy) is 1. The smallest absolute Gasteiger partial charge is 0.292 e. The molecule has 3 aromatic heterocycles. The molecule has 1 aliphatic rings. The summed E-state index contributed by atoms with van der Waals surface area (Å²) in [4.78, 5) is 25.9. The minimum atomic E-state index is -0.101. The Kier molecular flexibility index (Phi) is 5.48. The lowest BCUT2D eigenvalue weighted by molar-refractivity contribution is 0.0670.